The number of carbonyl (C=O) groups excluding carboxylic acids is 1. The summed E-state index contributed by atoms with van der Waals surface area (Å²) in [5.74, 6) is 0.492. The van der Waals surface area contributed by atoms with E-state index in [4.69, 9.17) is 5.73 Å². The van der Waals surface area contributed by atoms with Gasteiger partial charge in [-0.3, -0.25) is 4.79 Å². The lowest BCUT2D eigenvalue weighted by atomic mass is 10.1. The summed E-state index contributed by atoms with van der Waals surface area (Å²) >= 11 is 0. The van der Waals surface area contributed by atoms with Crippen LogP contribution in [0.1, 0.15) is 32.1 Å². The van der Waals surface area contributed by atoms with Gasteiger partial charge >= 0.3 is 0 Å². The molecule has 0 aromatic carbocycles. The van der Waals surface area contributed by atoms with Crippen LogP contribution in [0.3, 0.4) is 0 Å². The van der Waals surface area contributed by atoms with Crippen LogP contribution < -0.4 is 5.73 Å². The summed E-state index contributed by atoms with van der Waals surface area (Å²) in [5.41, 5.74) is 5.84. The van der Waals surface area contributed by atoms with E-state index in [2.05, 4.69) is 6.58 Å². The van der Waals surface area contributed by atoms with Gasteiger partial charge in [0.15, 0.2) is 0 Å². The van der Waals surface area contributed by atoms with Crippen molar-refractivity contribution in [2.45, 2.75) is 44.2 Å². The first-order valence-corrected chi connectivity index (χ1v) is 5.89. The van der Waals surface area contributed by atoms with Crippen molar-refractivity contribution in [3.05, 3.63) is 12.7 Å². The second-order valence-corrected chi connectivity index (χ2v) is 4.78. The van der Waals surface area contributed by atoms with Gasteiger partial charge in [0, 0.05) is 24.5 Å². The Morgan fingerprint density at radius 1 is 1.40 bits per heavy atom. The third kappa shape index (κ3) is 2.40. The van der Waals surface area contributed by atoms with Gasteiger partial charge in [-0.25, -0.2) is 0 Å². The standard InChI is InChI=1S/C12H20N2O/c1-2-7-14(11-5-6-11)12(15)9-3-4-10(13)8-9/h2,9-11H,1,3-8,13H2. The fourth-order valence-electron chi connectivity index (χ4n) is 2.42. The van der Waals surface area contributed by atoms with E-state index < -0.39 is 0 Å². The van der Waals surface area contributed by atoms with Crippen LogP contribution in [0.2, 0.25) is 0 Å². The van der Waals surface area contributed by atoms with Crippen LogP contribution in [0.25, 0.3) is 0 Å². The molecule has 0 radical (unpaired) electrons. The maximum atomic E-state index is 12.2. The molecule has 2 aliphatic rings. The second-order valence-electron chi connectivity index (χ2n) is 4.78. The van der Waals surface area contributed by atoms with Crippen molar-refractivity contribution in [1.29, 1.82) is 0 Å². The number of amides is 1. The fraction of sp³-hybridized carbons (Fsp3) is 0.750. The summed E-state index contributed by atoms with van der Waals surface area (Å²) < 4.78 is 0. The van der Waals surface area contributed by atoms with E-state index in [0.29, 0.717) is 18.5 Å². The van der Waals surface area contributed by atoms with E-state index in [1.807, 2.05) is 11.0 Å². The van der Waals surface area contributed by atoms with Gasteiger partial charge in [-0.2, -0.15) is 0 Å². The highest BCUT2D eigenvalue weighted by Gasteiger charge is 2.37. The lowest BCUT2D eigenvalue weighted by molar-refractivity contribution is -0.135. The highest BCUT2D eigenvalue weighted by molar-refractivity contribution is 5.80. The van der Waals surface area contributed by atoms with Crippen LogP contribution in [0, 0.1) is 5.92 Å². The molecular formula is C12H20N2O. The molecule has 3 nitrogen and oxygen atoms in total. The minimum Gasteiger partial charge on any atom is -0.336 e. The largest absolute Gasteiger partial charge is 0.336 e. The molecule has 0 spiro atoms. The first-order valence-electron chi connectivity index (χ1n) is 5.89. The van der Waals surface area contributed by atoms with E-state index in [-0.39, 0.29) is 12.0 Å². The number of nitrogens with zero attached hydrogens (tertiary/aromatic N) is 1. The van der Waals surface area contributed by atoms with Crippen molar-refractivity contribution in [1.82, 2.24) is 4.90 Å². The maximum absolute atomic E-state index is 12.2. The summed E-state index contributed by atoms with van der Waals surface area (Å²) in [4.78, 5) is 14.2. The molecule has 2 unspecified atom stereocenters. The highest BCUT2D eigenvalue weighted by atomic mass is 16.2. The number of carbonyl (C=O) groups is 1. The first kappa shape index (κ1) is 10.7. The Labute approximate surface area is 91.3 Å². The third-order valence-corrected chi connectivity index (χ3v) is 3.42. The summed E-state index contributed by atoms with van der Waals surface area (Å²) in [5, 5.41) is 0. The molecule has 2 fully saturated rings. The second kappa shape index (κ2) is 4.35. The summed E-state index contributed by atoms with van der Waals surface area (Å²) in [7, 11) is 0. The van der Waals surface area contributed by atoms with E-state index in [0.717, 1.165) is 19.3 Å². The zero-order chi connectivity index (χ0) is 10.8. The Kier molecular flexibility index (Phi) is 3.10. The van der Waals surface area contributed by atoms with Gasteiger partial charge in [0.05, 0.1) is 0 Å². The molecule has 1 amide bonds. The van der Waals surface area contributed by atoms with Gasteiger partial charge in [0.25, 0.3) is 0 Å². The van der Waals surface area contributed by atoms with Gasteiger partial charge in [0.1, 0.15) is 0 Å². The number of hydrogen-bond acceptors (Lipinski definition) is 2. The minimum absolute atomic E-state index is 0.181. The lowest BCUT2D eigenvalue weighted by Gasteiger charge is -2.24. The Morgan fingerprint density at radius 2 is 2.13 bits per heavy atom. The Bertz CT molecular complexity index is 260. The van der Waals surface area contributed by atoms with Gasteiger partial charge in [-0.15, -0.1) is 6.58 Å². The lowest BCUT2D eigenvalue weighted by Crippen LogP contribution is -2.37. The fourth-order valence-corrected chi connectivity index (χ4v) is 2.42. The van der Waals surface area contributed by atoms with Crippen molar-refractivity contribution in [2.24, 2.45) is 11.7 Å². The van der Waals surface area contributed by atoms with Crippen LogP contribution in [0.4, 0.5) is 0 Å². The molecule has 2 N–H and O–H groups in total. The average molecular weight is 208 g/mol. The van der Waals surface area contributed by atoms with Crippen molar-refractivity contribution in [3.8, 4) is 0 Å². The van der Waals surface area contributed by atoms with Gasteiger partial charge in [-0.1, -0.05) is 6.08 Å². The van der Waals surface area contributed by atoms with E-state index in [1.165, 1.54) is 12.8 Å². The number of rotatable bonds is 4. The van der Waals surface area contributed by atoms with Crippen molar-refractivity contribution < 1.29 is 4.79 Å². The van der Waals surface area contributed by atoms with Crippen LogP contribution in [0.5, 0.6) is 0 Å². The predicted molar refractivity (Wildman–Crippen MR) is 60.2 cm³/mol. The number of hydrogen-bond donors (Lipinski definition) is 1. The summed E-state index contributed by atoms with van der Waals surface area (Å²) in [6.45, 7) is 4.42. The molecule has 2 atom stereocenters. The highest BCUT2D eigenvalue weighted by Crippen LogP contribution is 2.32. The van der Waals surface area contributed by atoms with Crippen LogP contribution in [-0.2, 0) is 4.79 Å². The molecule has 0 heterocycles. The van der Waals surface area contributed by atoms with Crippen molar-refractivity contribution in [3.63, 3.8) is 0 Å². The molecular weight excluding hydrogens is 188 g/mol. The quantitative estimate of drug-likeness (QED) is 0.708. The van der Waals surface area contributed by atoms with Crippen molar-refractivity contribution >= 4 is 5.91 Å². The van der Waals surface area contributed by atoms with Gasteiger partial charge in [-0.05, 0) is 32.1 Å². The van der Waals surface area contributed by atoms with Crippen LogP contribution in [-0.4, -0.2) is 29.4 Å². The first-order chi connectivity index (χ1) is 7.22. The zero-order valence-corrected chi connectivity index (χ0v) is 9.19. The topological polar surface area (TPSA) is 46.3 Å². The Morgan fingerprint density at radius 3 is 2.60 bits per heavy atom. The summed E-state index contributed by atoms with van der Waals surface area (Å²) in [6, 6.07) is 0.732. The molecule has 84 valence electrons. The van der Waals surface area contributed by atoms with Crippen LogP contribution >= 0.6 is 0 Å². The van der Waals surface area contributed by atoms with E-state index in [1.54, 1.807) is 0 Å². The molecule has 2 saturated carbocycles. The van der Waals surface area contributed by atoms with Gasteiger partial charge < -0.3 is 10.6 Å². The van der Waals surface area contributed by atoms with Crippen LogP contribution in [0.15, 0.2) is 12.7 Å². The van der Waals surface area contributed by atoms with Crippen molar-refractivity contribution in [2.75, 3.05) is 6.54 Å². The molecule has 0 aliphatic heterocycles. The summed E-state index contributed by atoms with van der Waals surface area (Å²) in [6.07, 6.45) is 7.00. The Balaban J connectivity index is 1.94. The average Bonchev–Trinajstić information content (AvgIpc) is 2.96. The molecule has 0 aromatic rings. The zero-order valence-electron chi connectivity index (χ0n) is 9.19. The molecule has 0 saturated heterocycles. The normalized spacial score (nSPS) is 30.2. The Hall–Kier alpha value is -0.830. The monoisotopic (exact) mass is 208 g/mol. The molecule has 0 aromatic heterocycles. The number of nitrogens with two attached hydrogens (primary N) is 1. The van der Waals surface area contributed by atoms with E-state index >= 15 is 0 Å². The predicted octanol–water partition coefficient (Wildman–Crippen LogP) is 1.29. The third-order valence-electron chi connectivity index (χ3n) is 3.42. The molecule has 3 heteroatoms. The maximum Gasteiger partial charge on any atom is 0.226 e. The molecule has 0 bridgehead atoms. The smallest absolute Gasteiger partial charge is 0.226 e. The minimum atomic E-state index is 0.181. The molecule has 2 aliphatic carbocycles. The molecule has 15 heavy (non-hydrogen) atoms. The SMILES string of the molecule is C=CCN(C(=O)C1CCC(N)C1)C1CC1. The van der Waals surface area contributed by atoms with E-state index in [9.17, 15) is 4.79 Å². The van der Waals surface area contributed by atoms with Gasteiger partial charge in [0.2, 0.25) is 5.91 Å². The molecule has 2 rings (SSSR count).